The summed E-state index contributed by atoms with van der Waals surface area (Å²) in [5.41, 5.74) is 2.91. The fourth-order valence-electron chi connectivity index (χ4n) is 4.03. The molecular formula is C22H26O3. The van der Waals surface area contributed by atoms with Crippen molar-refractivity contribution < 1.29 is 14.2 Å². The van der Waals surface area contributed by atoms with Gasteiger partial charge in [0.15, 0.2) is 0 Å². The van der Waals surface area contributed by atoms with Crippen LogP contribution in [0.25, 0.3) is 0 Å². The minimum Gasteiger partial charge on any atom is -0.497 e. The van der Waals surface area contributed by atoms with Gasteiger partial charge in [-0.1, -0.05) is 43.5 Å². The molecule has 0 amide bonds. The first-order chi connectivity index (χ1) is 12.3. The van der Waals surface area contributed by atoms with Gasteiger partial charge in [-0.15, -0.1) is 0 Å². The summed E-state index contributed by atoms with van der Waals surface area (Å²) in [6.45, 7) is 1.49. The number of hydrogen-bond donors (Lipinski definition) is 0. The zero-order valence-corrected chi connectivity index (χ0v) is 14.9. The topological polar surface area (TPSA) is 31.0 Å². The van der Waals surface area contributed by atoms with Gasteiger partial charge in [-0.25, -0.2) is 0 Å². The van der Waals surface area contributed by atoms with Gasteiger partial charge in [0.25, 0.3) is 0 Å². The monoisotopic (exact) mass is 338 g/mol. The molecule has 1 atom stereocenters. The van der Waals surface area contributed by atoms with Crippen LogP contribution in [0.1, 0.15) is 43.2 Å². The Morgan fingerprint density at radius 1 is 0.880 bits per heavy atom. The molecule has 132 valence electrons. The average molecular weight is 338 g/mol. The van der Waals surface area contributed by atoms with Crippen LogP contribution in [0.15, 0.2) is 48.5 Å². The molecule has 2 aliphatic rings. The smallest absolute Gasteiger partial charge is 0.119 e. The summed E-state index contributed by atoms with van der Waals surface area (Å²) in [6.07, 6.45) is 6.60. The first-order valence-electron chi connectivity index (χ1n) is 9.30. The van der Waals surface area contributed by atoms with Crippen molar-refractivity contribution in [1.29, 1.82) is 0 Å². The molecule has 25 heavy (non-hydrogen) atoms. The number of epoxide rings is 1. The Bertz CT molecular complexity index is 680. The first kappa shape index (κ1) is 16.5. The van der Waals surface area contributed by atoms with Crippen molar-refractivity contribution in [3.8, 4) is 11.5 Å². The van der Waals surface area contributed by atoms with Crippen LogP contribution in [0.3, 0.4) is 0 Å². The van der Waals surface area contributed by atoms with Gasteiger partial charge in [0.1, 0.15) is 24.2 Å². The van der Waals surface area contributed by atoms with Crippen molar-refractivity contribution in [2.45, 2.75) is 43.6 Å². The molecule has 3 nitrogen and oxygen atoms in total. The quantitative estimate of drug-likeness (QED) is 0.714. The van der Waals surface area contributed by atoms with E-state index >= 15 is 0 Å². The Kier molecular flexibility index (Phi) is 4.67. The Morgan fingerprint density at radius 3 is 1.96 bits per heavy atom. The third-order valence-corrected chi connectivity index (χ3v) is 5.59. The molecule has 0 aromatic heterocycles. The van der Waals surface area contributed by atoms with Crippen molar-refractivity contribution >= 4 is 0 Å². The van der Waals surface area contributed by atoms with E-state index in [1.807, 2.05) is 0 Å². The molecular weight excluding hydrogens is 312 g/mol. The molecule has 1 aliphatic heterocycles. The fraction of sp³-hybridized carbons (Fsp3) is 0.455. The van der Waals surface area contributed by atoms with Gasteiger partial charge in [-0.2, -0.15) is 0 Å². The number of benzene rings is 2. The van der Waals surface area contributed by atoms with E-state index in [2.05, 4.69) is 48.5 Å². The highest BCUT2D eigenvalue weighted by Gasteiger charge is 2.35. The predicted molar refractivity (Wildman–Crippen MR) is 98.5 cm³/mol. The lowest BCUT2D eigenvalue weighted by Crippen LogP contribution is -2.30. The summed E-state index contributed by atoms with van der Waals surface area (Å²) in [5, 5.41) is 0. The second-order valence-corrected chi connectivity index (χ2v) is 7.16. The SMILES string of the molecule is COc1ccc(C2(c3ccc(OCC4CO4)cc3)CCCCC2)cc1. The van der Waals surface area contributed by atoms with Crippen LogP contribution in [-0.4, -0.2) is 26.4 Å². The van der Waals surface area contributed by atoms with Crippen molar-refractivity contribution in [3.05, 3.63) is 59.7 Å². The summed E-state index contributed by atoms with van der Waals surface area (Å²) in [6, 6.07) is 17.3. The molecule has 1 heterocycles. The van der Waals surface area contributed by atoms with Crippen molar-refractivity contribution in [2.75, 3.05) is 20.3 Å². The third kappa shape index (κ3) is 3.52. The maximum atomic E-state index is 5.80. The van der Waals surface area contributed by atoms with Gasteiger partial charge in [-0.3, -0.25) is 0 Å². The standard InChI is InChI=1S/C22H26O3/c1-23-19-9-5-17(6-10-19)22(13-3-2-4-14-22)18-7-11-20(12-8-18)24-15-21-16-25-21/h5-12,21H,2-4,13-16H2,1H3. The van der Waals surface area contributed by atoms with E-state index in [0.717, 1.165) is 18.1 Å². The van der Waals surface area contributed by atoms with E-state index in [1.165, 1.54) is 43.2 Å². The van der Waals surface area contributed by atoms with E-state index in [1.54, 1.807) is 7.11 Å². The molecule has 1 aliphatic carbocycles. The van der Waals surface area contributed by atoms with Gasteiger partial charge in [0.2, 0.25) is 0 Å². The van der Waals surface area contributed by atoms with Crippen LogP contribution in [0.5, 0.6) is 11.5 Å². The Balaban J connectivity index is 1.60. The van der Waals surface area contributed by atoms with Crippen molar-refractivity contribution in [3.63, 3.8) is 0 Å². The van der Waals surface area contributed by atoms with Gasteiger partial charge in [0.05, 0.1) is 13.7 Å². The lowest BCUT2D eigenvalue weighted by Gasteiger charge is -2.38. The molecule has 0 spiro atoms. The van der Waals surface area contributed by atoms with Gasteiger partial charge in [0, 0.05) is 5.41 Å². The van der Waals surface area contributed by atoms with E-state index in [9.17, 15) is 0 Å². The van der Waals surface area contributed by atoms with Crippen LogP contribution in [0.2, 0.25) is 0 Å². The molecule has 2 fully saturated rings. The number of hydrogen-bond acceptors (Lipinski definition) is 3. The Hall–Kier alpha value is -2.00. The van der Waals surface area contributed by atoms with Gasteiger partial charge in [-0.05, 0) is 48.2 Å². The predicted octanol–water partition coefficient (Wildman–Crippen LogP) is 4.72. The molecule has 1 saturated carbocycles. The molecule has 3 heteroatoms. The maximum Gasteiger partial charge on any atom is 0.119 e. The summed E-state index contributed by atoms with van der Waals surface area (Å²) < 4.78 is 16.3. The zero-order chi connectivity index (χ0) is 17.1. The highest BCUT2D eigenvalue weighted by Crippen LogP contribution is 2.45. The molecule has 0 N–H and O–H groups in total. The zero-order valence-electron chi connectivity index (χ0n) is 14.9. The second kappa shape index (κ2) is 7.09. The van der Waals surface area contributed by atoms with Crippen molar-refractivity contribution in [1.82, 2.24) is 0 Å². The van der Waals surface area contributed by atoms with Crippen LogP contribution in [0.4, 0.5) is 0 Å². The molecule has 2 aromatic carbocycles. The molecule has 2 aromatic rings. The third-order valence-electron chi connectivity index (χ3n) is 5.59. The van der Waals surface area contributed by atoms with Crippen LogP contribution < -0.4 is 9.47 Å². The van der Waals surface area contributed by atoms with Gasteiger partial charge >= 0.3 is 0 Å². The van der Waals surface area contributed by atoms with Gasteiger partial charge < -0.3 is 14.2 Å². The van der Waals surface area contributed by atoms with Crippen LogP contribution in [-0.2, 0) is 10.2 Å². The van der Waals surface area contributed by atoms with E-state index in [4.69, 9.17) is 14.2 Å². The number of ether oxygens (including phenoxy) is 3. The Morgan fingerprint density at radius 2 is 1.44 bits per heavy atom. The maximum absolute atomic E-state index is 5.80. The highest BCUT2D eigenvalue weighted by atomic mass is 16.6. The first-order valence-corrected chi connectivity index (χ1v) is 9.30. The summed E-state index contributed by atoms with van der Waals surface area (Å²) in [4.78, 5) is 0. The highest BCUT2D eigenvalue weighted by molar-refractivity contribution is 5.43. The van der Waals surface area contributed by atoms with Crippen LogP contribution >= 0.6 is 0 Å². The largest absolute Gasteiger partial charge is 0.497 e. The molecule has 0 radical (unpaired) electrons. The second-order valence-electron chi connectivity index (χ2n) is 7.16. The van der Waals surface area contributed by atoms with E-state index in [-0.39, 0.29) is 5.41 Å². The minimum absolute atomic E-state index is 0.114. The molecule has 4 rings (SSSR count). The average Bonchev–Trinajstić information content (AvgIpc) is 3.52. The minimum atomic E-state index is 0.114. The lowest BCUT2D eigenvalue weighted by molar-refractivity contribution is 0.262. The Labute approximate surface area is 149 Å². The normalized spacial score (nSPS) is 21.6. The van der Waals surface area contributed by atoms with E-state index in [0.29, 0.717) is 12.7 Å². The summed E-state index contributed by atoms with van der Waals surface area (Å²) >= 11 is 0. The number of rotatable bonds is 6. The molecule has 1 unspecified atom stereocenters. The summed E-state index contributed by atoms with van der Waals surface area (Å²) in [7, 11) is 1.72. The van der Waals surface area contributed by atoms with Crippen molar-refractivity contribution in [2.24, 2.45) is 0 Å². The summed E-state index contributed by atoms with van der Waals surface area (Å²) in [5.74, 6) is 1.85. The van der Waals surface area contributed by atoms with E-state index < -0.39 is 0 Å². The lowest BCUT2D eigenvalue weighted by atomic mass is 9.65. The van der Waals surface area contributed by atoms with Crippen LogP contribution in [0, 0.1) is 0 Å². The fourth-order valence-corrected chi connectivity index (χ4v) is 4.03. The molecule has 1 saturated heterocycles. The molecule has 0 bridgehead atoms. The number of methoxy groups -OCH3 is 1.